The van der Waals surface area contributed by atoms with E-state index in [9.17, 15) is 18.0 Å². The molecule has 1 atom stereocenters. The van der Waals surface area contributed by atoms with Gasteiger partial charge in [0.15, 0.2) is 6.04 Å². The summed E-state index contributed by atoms with van der Waals surface area (Å²) in [5.74, 6) is -0.288. The number of benzene rings is 1. The zero-order valence-corrected chi connectivity index (χ0v) is 13.9. The lowest BCUT2D eigenvalue weighted by molar-refractivity contribution is -0.274. The summed E-state index contributed by atoms with van der Waals surface area (Å²) in [7, 11) is 0. The number of hydrogen-bond acceptors (Lipinski definition) is 4. The summed E-state index contributed by atoms with van der Waals surface area (Å²) in [6.07, 6.45) is -0.476. The van der Waals surface area contributed by atoms with Crippen molar-refractivity contribution in [3.05, 3.63) is 29.8 Å². The Morgan fingerprint density at radius 3 is 2.64 bits per heavy atom. The van der Waals surface area contributed by atoms with Crippen molar-refractivity contribution in [3.8, 4) is 5.75 Å². The summed E-state index contributed by atoms with van der Waals surface area (Å²) in [4.78, 5) is 16.2. The van der Waals surface area contributed by atoms with E-state index in [-0.39, 0.29) is 24.2 Å². The smallest absolute Gasteiger partial charge is 0.475 e. The van der Waals surface area contributed by atoms with Crippen molar-refractivity contribution >= 4 is 11.8 Å². The van der Waals surface area contributed by atoms with Gasteiger partial charge in [0.1, 0.15) is 12.4 Å². The summed E-state index contributed by atoms with van der Waals surface area (Å²) < 4.78 is 45.6. The molecule has 0 unspecified atom stereocenters. The second-order valence-electron chi connectivity index (χ2n) is 5.68. The first-order valence-electron chi connectivity index (χ1n) is 8.23. The zero-order valence-electron chi connectivity index (χ0n) is 13.9. The number of carbonyl (C=O) groups is 1. The van der Waals surface area contributed by atoms with Crippen LogP contribution in [0.5, 0.6) is 5.75 Å². The fourth-order valence-corrected chi connectivity index (χ4v) is 2.35. The van der Waals surface area contributed by atoms with E-state index in [0.29, 0.717) is 12.1 Å². The van der Waals surface area contributed by atoms with Crippen molar-refractivity contribution in [3.63, 3.8) is 0 Å². The van der Waals surface area contributed by atoms with Crippen LogP contribution in [0.2, 0.25) is 0 Å². The molecule has 1 aromatic carbocycles. The second kappa shape index (κ2) is 8.73. The van der Waals surface area contributed by atoms with Gasteiger partial charge in [0.2, 0.25) is 11.8 Å². The molecule has 138 valence electrons. The Balaban J connectivity index is 1.87. The molecule has 0 aromatic heterocycles. The van der Waals surface area contributed by atoms with Gasteiger partial charge in [0.05, 0.1) is 0 Å². The van der Waals surface area contributed by atoms with Crippen LogP contribution in [0.15, 0.2) is 29.3 Å². The highest BCUT2D eigenvalue weighted by Crippen LogP contribution is 2.23. The summed E-state index contributed by atoms with van der Waals surface area (Å²) in [5.41, 5.74) is 0.493. The normalized spacial score (nSPS) is 17.0. The van der Waals surface area contributed by atoms with E-state index in [1.807, 2.05) is 0 Å². The Bertz CT molecular complexity index is 600. The number of ether oxygens (including phenoxy) is 2. The lowest BCUT2D eigenvalue weighted by Gasteiger charge is -2.09. The van der Waals surface area contributed by atoms with Gasteiger partial charge in [-0.15, -0.1) is 13.2 Å². The number of alkyl halides is 3. The number of aliphatic imine (C=N–C) groups is 1. The van der Waals surface area contributed by atoms with Crippen LogP contribution < -0.4 is 10.1 Å². The zero-order chi connectivity index (χ0) is 18.3. The molecular formula is C17H21F3N2O3. The SMILES string of the molecule is CCCCCCNC(=O)[C@@H]1COC(c2ccc(OC(F)(F)F)cc2)=N1. The molecule has 1 aliphatic rings. The van der Waals surface area contributed by atoms with Crippen molar-refractivity contribution in [2.24, 2.45) is 4.99 Å². The minimum atomic E-state index is -4.73. The fraction of sp³-hybridized carbons (Fsp3) is 0.529. The molecule has 2 rings (SSSR count). The monoisotopic (exact) mass is 358 g/mol. The van der Waals surface area contributed by atoms with E-state index in [1.54, 1.807) is 0 Å². The van der Waals surface area contributed by atoms with E-state index in [4.69, 9.17) is 4.74 Å². The Morgan fingerprint density at radius 1 is 1.28 bits per heavy atom. The van der Waals surface area contributed by atoms with Gasteiger partial charge < -0.3 is 14.8 Å². The molecule has 0 saturated heterocycles. The van der Waals surface area contributed by atoms with E-state index >= 15 is 0 Å². The summed E-state index contributed by atoms with van der Waals surface area (Å²) in [5, 5.41) is 2.82. The predicted octanol–water partition coefficient (Wildman–Crippen LogP) is 3.43. The third-order valence-corrected chi connectivity index (χ3v) is 3.62. The van der Waals surface area contributed by atoms with Gasteiger partial charge >= 0.3 is 6.36 Å². The first-order valence-corrected chi connectivity index (χ1v) is 8.23. The van der Waals surface area contributed by atoms with Crippen molar-refractivity contribution < 1.29 is 27.4 Å². The highest BCUT2D eigenvalue weighted by atomic mass is 19.4. The first-order chi connectivity index (χ1) is 11.9. The molecule has 0 spiro atoms. The summed E-state index contributed by atoms with van der Waals surface area (Å²) in [6, 6.07) is 4.54. The third kappa shape index (κ3) is 6.28. The van der Waals surface area contributed by atoms with Crippen LogP contribution in [-0.2, 0) is 9.53 Å². The molecular weight excluding hydrogens is 337 g/mol. The van der Waals surface area contributed by atoms with Crippen LogP contribution in [0.25, 0.3) is 0 Å². The molecule has 1 aliphatic heterocycles. The number of amides is 1. The maximum Gasteiger partial charge on any atom is 0.573 e. The number of hydrogen-bond donors (Lipinski definition) is 1. The molecule has 25 heavy (non-hydrogen) atoms. The minimum absolute atomic E-state index is 0.122. The standard InChI is InChI=1S/C17H21F3N2O3/c1-2-3-4-5-10-21-15(23)14-11-24-16(22-14)12-6-8-13(9-7-12)25-17(18,19)20/h6-9,14H,2-5,10-11H2,1H3,(H,21,23)/t14-/m0/s1. The van der Waals surface area contributed by atoms with E-state index in [0.717, 1.165) is 25.7 Å². The number of unbranched alkanes of at least 4 members (excludes halogenated alkanes) is 3. The maximum atomic E-state index is 12.1. The third-order valence-electron chi connectivity index (χ3n) is 3.62. The van der Waals surface area contributed by atoms with E-state index in [1.165, 1.54) is 24.3 Å². The Morgan fingerprint density at radius 2 is 2.00 bits per heavy atom. The van der Waals surface area contributed by atoms with Gasteiger partial charge in [-0.2, -0.15) is 0 Å². The summed E-state index contributed by atoms with van der Waals surface area (Å²) in [6.45, 7) is 2.84. The van der Waals surface area contributed by atoms with E-state index in [2.05, 4.69) is 22.0 Å². The summed E-state index contributed by atoms with van der Waals surface area (Å²) >= 11 is 0. The molecule has 1 heterocycles. The highest BCUT2D eigenvalue weighted by molar-refractivity contribution is 5.98. The largest absolute Gasteiger partial charge is 0.573 e. The van der Waals surface area contributed by atoms with Gasteiger partial charge in [-0.1, -0.05) is 26.2 Å². The van der Waals surface area contributed by atoms with Gasteiger partial charge in [-0.25, -0.2) is 4.99 Å². The van der Waals surface area contributed by atoms with Crippen LogP contribution in [0, 0.1) is 0 Å². The average Bonchev–Trinajstić information content (AvgIpc) is 3.04. The van der Waals surface area contributed by atoms with Crippen LogP contribution >= 0.6 is 0 Å². The molecule has 0 bridgehead atoms. The molecule has 0 saturated carbocycles. The highest BCUT2D eigenvalue weighted by Gasteiger charge is 2.31. The van der Waals surface area contributed by atoms with Crippen molar-refractivity contribution in [2.75, 3.05) is 13.2 Å². The van der Waals surface area contributed by atoms with Gasteiger partial charge in [-0.3, -0.25) is 4.79 Å². The molecule has 5 nitrogen and oxygen atoms in total. The quantitative estimate of drug-likeness (QED) is 0.725. The molecule has 0 fully saturated rings. The van der Waals surface area contributed by atoms with Gasteiger partial charge in [-0.05, 0) is 30.7 Å². The molecule has 1 N–H and O–H groups in total. The number of carbonyl (C=O) groups excluding carboxylic acids is 1. The number of nitrogens with zero attached hydrogens (tertiary/aromatic N) is 1. The van der Waals surface area contributed by atoms with Crippen molar-refractivity contribution in [2.45, 2.75) is 45.0 Å². The molecule has 0 radical (unpaired) electrons. The average molecular weight is 358 g/mol. The van der Waals surface area contributed by atoms with Crippen LogP contribution in [-0.4, -0.2) is 37.4 Å². The number of rotatable bonds is 8. The van der Waals surface area contributed by atoms with Crippen LogP contribution in [0.1, 0.15) is 38.2 Å². The van der Waals surface area contributed by atoms with Crippen molar-refractivity contribution in [1.82, 2.24) is 5.32 Å². The molecule has 0 aliphatic carbocycles. The maximum absolute atomic E-state index is 12.1. The Labute approximate surface area is 144 Å². The lowest BCUT2D eigenvalue weighted by atomic mass is 10.2. The lowest BCUT2D eigenvalue weighted by Crippen LogP contribution is -2.34. The predicted molar refractivity (Wildman–Crippen MR) is 86.6 cm³/mol. The van der Waals surface area contributed by atoms with Crippen LogP contribution in [0.3, 0.4) is 0 Å². The van der Waals surface area contributed by atoms with E-state index < -0.39 is 12.4 Å². The van der Waals surface area contributed by atoms with Gasteiger partial charge in [0, 0.05) is 12.1 Å². The Kier molecular flexibility index (Phi) is 6.66. The second-order valence-corrected chi connectivity index (χ2v) is 5.68. The van der Waals surface area contributed by atoms with Crippen LogP contribution in [0.4, 0.5) is 13.2 Å². The van der Waals surface area contributed by atoms with Crippen molar-refractivity contribution in [1.29, 1.82) is 0 Å². The fourth-order valence-electron chi connectivity index (χ4n) is 2.35. The number of halogens is 3. The minimum Gasteiger partial charge on any atom is -0.475 e. The van der Waals surface area contributed by atoms with Gasteiger partial charge in [0.25, 0.3) is 0 Å². The number of nitrogens with one attached hydrogen (secondary N) is 1. The molecule has 1 aromatic rings. The topological polar surface area (TPSA) is 59.9 Å². The Hall–Kier alpha value is -2.25. The first kappa shape index (κ1) is 19.1. The molecule has 1 amide bonds. The molecule has 8 heteroatoms.